The summed E-state index contributed by atoms with van der Waals surface area (Å²) in [6.45, 7) is 3.83. The van der Waals surface area contributed by atoms with Gasteiger partial charge in [-0.25, -0.2) is 4.90 Å². The van der Waals surface area contributed by atoms with Crippen molar-refractivity contribution in [3.63, 3.8) is 0 Å². The summed E-state index contributed by atoms with van der Waals surface area (Å²) in [5, 5.41) is 9.70. The molecule has 2 aromatic rings. The van der Waals surface area contributed by atoms with E-state index >= 15 is 0 Å². The average Bonchev–Trinajstić information content (AvgIpc) is 2.84. The van der Waals surface area contributed by atoms with Gasteiger partial charge in [0.1, 0.15) is 0 Å². The first-order valence-electron chi connectivity index (χ1n) is 8.14. The standard InChI is InChI=1S/C20H18ClNO3S/c1-12-3-8-16(13(2)11-12)17-18(26-10-9-23)20(25)22(19(17)24)15-6-4-14(21)5-7-15/h3-8,11,23H,9-10H2,1-2H3. The number of carbonyl (C=O) groups is 2. The minimum Gasteiger partial charge on any atom is -0.396 e. The molecule has 6 heteroatoms. The number of halogens is 1. The summed E-state index contributed by atoms with van der Waals surface area (Å²) >= 11 is 7.12. The predicted octanol–water partition coefficient (Wildman–Crippen LogP) is 3.97. The molecule has 0 bridgehead atoms. The van der Waals surface area contributed by atoms with Crippen LogP contribution in [0.5, 0.6) is 0 Å². The minimum absolute atomic E-state index is 0.0727. The number of amides is 2. The highest BCUT2D eigenvalue weighted by Crippen LogP contribution is 2.39. The Labute approximate surface area is 161 Å². The fourth-order valence-corrected chi connectivity index (χ4v) is 3.93. The lowest BCUT2D eigenvalue weighted by Gasteiger charge is -2.15. The number of aliphatic hydroxyl groups is 1. The largest absolute Gasteiger partial charge is 0.396 e. The van der Waals surface area contributed by atoms with E-state index in [0.29, 0.717) is 26.9 Å². The molecule has 4 nitrogen and oxygen atoms in total. The first-order valence-corrected chi connectivity index (χ1v) is 9.50. The van der Waals surface area contributed by atoms with Gasteiger partial charge in [-0.15, -0.1) is 11.8 Å². The molecule has 2 aromatic carbocycles. The van der Waals surface area contributed by atoms with Gasteiger partial charge in [-0.2, -0.15) is 0 Å². The van der Waals surface area contributed by atoms with E-state index in [1.54, 1.807) is 24.3 Å². The lowest BCUT2D eigenvalue weighted by Crippen LogP contribution is -2.31. The van der Waals surface area contributed by atoms with Crippen LogP contribution in [0.1, 0.15) is 16.7 Å². The summed E-state index contributed by atoms with van der Waals surface area (Å²) in [7, 11) is 0. The summed E-state index contributed by atoms with van der Waals surface area (Å²) in [6.07, 6.45) is 0. The highest BCUT2D eigenvalue weighted by molar-refractivity contribution is 8.04. The zero-order valence-corrected chi connectivity index (χ0v) is 16.0. The molecule has 134 valence electrons. The molecule has 0 aliphatic carbocycles. The molecule has 1 heterocycles. The van der Waals surface area contributed by atoms with Gasteiger partial charge in [0.2, 0.25) is 0 Å². The Balaban J connectivity index is 2.10. The van der Waals surface area contributed by atoms with Crippen molar-refractivity contribution in [2.45, 2.75) is 13.8 Å². The summed E-state index contributed by atoms with van der Waals surface area (Å²) in [5.41, 5.74) is 3.63. The number of rotatable bonds is 5. The Morgan fingerprint density at radius 2 is 1.73 bits per heavy atom. The monoisotopic (exact) mass is 387 g/mol. The molecule has 0 saturated heterocycles. The van der Waals surface area contributed by atoms with E-state index in [-0.39, 0.29) is 18.4 Å². The van der Waals surface area contributed by atoms with Crippen LogP contribution in [0.2, 0.25) is 5.02 Å². The fourth-order valence-electron chi connectivity index (χ4n) is 2.95. The molecule has 0 aromatic heterocycles. The Morgan fingerprint density at radius 1 is 1.04 bits per heavy atom. The molecule has 26 heavy (non-hydrogen) atoms. The lowest BCUT2D eigenvalue weighted by molar-refractivity contribution is -0.119. The highest BCUT2D eigenvalue weighted by atomic mass is 35.5. The number of aryl methyl sites for hydroxylation is 2. The van der Waals surface area contributed by atoms with E-state index in [0.717, 1.165) is 16.7 Å². The molecule has 2 amide bonds. The first kappa shape index (κ1) is 18.7. The normalized spacial score (nSPS) is 14.5. The van der Waals surface area contributed by atoms with Crippen LogP contribution in [0.15, 0.2) is 47.4 Å². The molecule has 0 fully saturated rings. The average molecular weight is 388 g/mol. The van der Waals surface area contributed by atoms with Gasteiger partial charge in [0.25, 0.3) is 11.8 Å². The van der Waals surface area contributed by atoms with Crippen molar-refractivity contribution in [1.29, 1.82) is 0 Å². The van der Waals surface area contributed by atoms with Gasteiger partial charge < -0.3 is 5.11 Å². The predicted molar refractivity (Wildman–Crippen MR) is 106 cm³/mol. The van der Waals surface area contributed by atoms with Gasteiger partial charge in [0.05, 0.1) is 22.8 Å². The van der Waals surface area contributed by atoms with Crippen LogP contribution in [0, 0.1) is 13.8 Å². The number of thioether (sulfide) groups is 1. The van der Waals surface area contributed by atoms with Gasteiger partial charge >= 0.3 is 0 Å². The lowest BCUT2D eigenvalue weighted by atomic mass is 9.99. The topological polar surface area (TPSA) is 57.6 Å². The third-order valence-corrected chi connectivity index (χ3v) is 5.42. The van der Waals surface area contributed by atoms with E-state index in [1.165, 1.54) is 16.7 Å². The number of carbonyl (C=O) groups excluding carboxylic acids is 2. The Hall–Kier alpha value is -2.08. The number of nitrogens with zero attached hydrogens (tertiary/aromatic N) is 1. The van der Waals surface area contributed by atoms with E-state index < -0.39 is 0 Å². The van der Waals surface area contributed by atoms with Crippen LogP contribution in [0.3, 0.4) is 0 Å². The Kier molecular flexibility index (Phi) is 5.51. The SMILES string of the molecule is Cc1ccc(C2=C(SCCO)C(=O)N(c3ccc(Cl)cc3)C2=O)c(C)c1. The second-order valence-electron chi connectivity index (χ2n) is 6.02. The maximum atomic E-state index is 13.2. The van der Waals surface area contributed by atoms with Crippen molar-refractivity contribution < 1.29 is 14.7 Å². The van der Waals surface area contributed by atoms with Crippen LogP contribution in [0.25, 0.3) is 5.57 Å². The molecule has 0 spiro atoms. The van der Waals surface area contributed by atoms with Crippen LogP contribution < -0.4 is 4.90 Å². The van der Waals surface area contributed by atoms with E-state index in [1.807, 2.05) is 32.0 Å². The second-order valence-corrected chi connectivity index (χ2v) is 7.56. The van der Waals surface area contributed by atoms with Crippen molar-refractivity contribution in [1.82, 2.24) is 0 Å². The maximum Gasteiger partial charge on any atom is 0.272 e. The molecule has 0 unspecified atom stereocenters. The Bertz CT molecular complexity index is 906. The molecule has 1 aliphatic heterocycles. The zero-order valence-electron chi connectivity index (χ0n) is 14.5. The van der Waals surface area contributed by atoms with Gasteiger partial charge in [0, 0.05) is 10.8 Å². The number of hydrogen-bond donors (Lipinski definition) is 1. The van der Waals surface area contributed by atoms with E-state index in [9.17, 15) is 14.7 Å². The number of hydrogen-bond acceptors (Lipinski definition) is 4. The van der Waals surface area contributed by atoms with Crippen molar-refractivity contribution in [3.8, 4) is 0 Å². The van der Waals surface area contributed by atoms with Crippen LogP contribution in [-0.4, -0.2) is 29.3 Å². The van der Waals surface area contributed by atoms with E-state index in [4.69, 9.17) is 11.6 Å². The summed E-state index contributed by atoms with van der Waals surface area (Å²) in [5.74, 6) is -0.382. The Morgan fingerprint density at radius 3 is 2.35 bits per heavy atom. The zero-order chi connectivity index (χ0) is 18.8. The fraction of sp³-hybridized carbons (Fsp3) is 0.200. The van der Waals surface area contributed by atoms with Crippen LogP contribution >= 0.6 is 23.4 Å². The van der Waals surface area contributed by atoms with Crippen molar-refractivity contribution in [3.05, 3.63) is 69.1 Å². The third kappa shape index (κ3) is 3.43. The van der Waals surface area contributed by atoms with Crippen molar-refractivity contribution in [2.75, 3.05) is 17.3 Å². The third-order valence-electron chi connectivity index (χ3n) is 4.12. The van der Waals surface area contributed by atoms with Crippen LogP contribution in [-0.2, 0) is 9.59 Å². The minimum atomic E-state index is -0.370. The smallest absolute Gasteiger partial charge is 0.272 e. The van der Waals surface area contributed by atoms with Crippen LogP contribution in [0.4, 0.5) is 5.69 Å². The highest BCUT2D eigenvalue weighted by Gasteiger charge is 2.40. The second kappa shape index (κ2) is 7.66. The summed E-state index contributed by atoms with van der Waals surface area (Å²) < 4.78 is 0. The van der Waals surface area contributed by atoms with Gasteiger partial charge in [-0.05, 0) is 49.2 Å². The number of benzene rings is 2. The van der Waals surface area contributed by atoms with Gasteiger partial charge in [0.15, 0.2) is 0 Å². The van der Waals surface area contributed by atoms with Gasteiger partial charge in [-0.1, -0.05) is 35.4 Å². The molecule has 1 aliphatic rings. The molecular weight excluding hydrogens is 370 g/mol. The molecule has 0 atom stereocenters. The number of imide groups is 1. The van der Waals surface area contributed by atoms with Crippen molar-refractivity contribution in [2.24, 2.45) is 0 Å². The summed E-state index contributed by atoms with van der Waals surface area (Å²) in [4.78, 5) is 27.7. The molecule has 0 saturated carbocycles. The molecule has 0 radical (unpaired) electrons. The molecule has 1 N–H and O–H groups in total. The first-order chi connectivity index (χ1) is 12.4. The van der Waals surface area contributed by atoms with Gasteiger partial charge in [-0.3, -0.25) is 9.59 Å². The van der Waals surface area contributed by atoms with E-state index in [2.05, 4.69) is 0 Å². The number of anilines is 1. The van der Waals surface area contributed by atoms with Crippen molar-refractivity contribution >= 4 is 46.4 Å². The maximum absolute atomic E-state index is 13.2. The quantitative estimate of drug-likeness (QED) is 0.789. The number of aliphatic hydroxyl groups excluding tert-OH is 1. The molecular formula is C20H18ClNO3S. The molecule has 3 rings (SSSR count). The summed E-state index contributed by atoms with van der Waals surface area (Å²) in [6, 6.07) is 12.4.